The number of benzene rings is 1. The predicted octanol–water partition coefficient (Wildman–Crippen LogP) is 1.92. The summed E-state index contributed by atoms with van der Waals surface area (Å²) in [5, 5.41) is 8.69. The molecule has 92 valence electrons. The van der Waals surface area contributed by atoms with E-state index in [-0.39, 0.29) is 6.61 Å². The van der Waals surface area contributed by atoms with Gasteiger partial charge in [0.1, 0.15) is 0 Å². The van der Waals surface area contributed by atoms with Crippen molar-refractivity contribution < 1.29 is 9.84 Å². The minimum atomic E-state index is 0.211. The molecular formula is C14H19NO2. The summed E-state index contributed by atoms with van der Waals surface area (Å²) in [5.74, 6) is 0. The van der Waals surface area contributed by atoms with Crippen molar-refractivity contribution >= 4 is 11.8 Å². The van der Waals surface area contributed by atoms with Crippen molar-refractivity contribution in [1.82, 2.24) is 0 Å². The van der Waals surface area contributed by atoms with Crippen LogP contribution in [0, 0.1) is 0 Å². The van der Waals surface area contributed by atoms with Gasteiger partial charge in [-0.05, 0) is 24.1 Å². The average molecular weight is 233 g/mol. The fourth-order valence-electron chi connectivity index (χ4n) is 1.91. The van der Waals surface area contributed by atoms with Crippen LogP contribution in [0.5, 0.6) is 0 Å². The van der Waals surface area contributed by atoms with Crippen molar-refractivity contribution in [3.05, 3.63) is 35.9 Å². The molecule has 0 aromatic heterocycles. The fourth-order valence-corrected chi connectivity index (χ4v) is 1.91. The Morgan fingerprint density at radius 3 is 2.53 bits per heavy atom. The second-order valence-electron chi connectivity index (χ2n) is 4.11. The Labute approximate surface area is 102 Å². The molecule has 1 aliphatic heterocycles. The molecule has 0 saturated carbocycles. The van der Waals surface area contributed by atoms with Crippen LogP contribution < -0.4 is 4.90 Å². The zero-order valence-electron chi connectivity index (χ0n) is 10.0. The molecule has 0 radical (unpaired) electrons. The number of anilines is 1. The summed E-state index contributed by atoms with van der Waals surface area (Å²) in [5.41, 5.74) is 2.43. The average Bonchev–Trinajstić information content (AvgIpc) is 2.41. The Balaban J connectivity index is 1.97. The van der Waals surface area contributed by atoms with Gasteiger partial charge in [0, 0.05) is 25.4 Å². The van der Waals surface area contributed by atoms with E-state index in [0.29, 0.717) is 6.42 Å². The fraction of sp³-hybridized carbons (Fsp3) is 0.429. The topological polar surface area (TPSA) is 32.7 Å². The number of rotatable bonds is 4. The molecule has 0 atom stereocenters. The third-order valence-electron chi connectivity index (χ3n) is 2.88. The highest BCUT2D eigenvalue weighted by Crippen LogP contribution is 2.17. The maximum atomic E-state index is 8.69. The van der Waals surface area contributed by atoms with Crippen LogP contribution in [0.15, 0.2) is 30.3 Å². The second kappa shape index (κ2) is 6.42. The molecule has 1 aliphatic rings. The molecule has 17 heavy (non-hydrogen) atoms. The molecule has 1 aromatic rings. The van der Waals surface area contributed by atoms with Crippen LogP contribution in [-0.4, -0.2) is 38.0 Å². The van der Waals surface area contributed by atoms with Crippen molar-refractivity contribution in [1.29, 1.82) is 0 Å². The first kappa shape index (κ1) is 12.1. The normalized spacial score (nSPS) is 16.6. The van der Waals surface area contributed by atoms with Crippen LogP contribution in [0.4, 0.5) is 5.69 Å². The molecule has 1 heterocycles. The largest absolute Gasteiger partial charge is 0.396 e. The molecule has 0 spiro atoms. The summed E-state index contributed by atoms with van der Waals surface area (Å²) in [4.78, 5) is 2.34. The molecule has 1 saturated heterocycles. The SMILES string of the molecule is OCCC=Cc1ccc(N2CCOCC2)cc1. The van der Waals surface area contributed by atoms with E-state index in [1.807, 2.05) is 12.2 Å². The summed E-state index contributed by atoms with van der Waals surface area (Å²) in [6.07, 6.45) is 4.74. The summed E-state index contributed by atoms with van der Waals surface area (Å²) in [7, 11) is 0. The first-order valence-corrected chi connectivity index (χ1v) is 6.10. The van der Waals surface area contributed by atoms with E-state index in [0.717, 1.165) is 26.3 Å². The molecule has 0 unspecified atom stereocenters. The minimum absolute atomic E-state index is 0.211. The van der Waals surface area contributed by atoms with Gasteiger partial charge >= 0.3 is 0 Å². The number of nitrogens with zero attached hydrogens (tertiary/aromatic N) is 1. The highest BCUT2D eigenvalue weighted by atomic mass is 16.5. The van der Waals surface area contributed by atoms with E-state index in [2.05, 4.69) is 29.2 Å². The first-order chi connectivity index (χ1) is 8.40. The third-order valence-corrected chi connectivity index (χ3v) is 2.88. The molecule has 1 fully saturated rings. The molecular weight excluding hydrogens is 214 g/mol. The Kier molecular flexibility index (Phi) is 4.59. The van der Waals surface area contributed by atoms with Gasteiger partial charge in [0.15, 0.2) is 0 Å². The molecule has 0 aliphatic carbocycles. The number of hydrogen-bond acceptors (Lipinski definition) is 3. The van der Waals surface area contributed by atoms with Gasteiger partial charge in [0.2, 0.25) is 0 Å². The predicted molar refractivity (Wildman–Crippen MR) is 70.2 cm³/mol. The van der Waals surface area contributed by atoms with Crippen LogP contribution in [0.25, 0.3) is 6.08 Å². The quantitative estimate of drug-likeness (QED) is 0.862. The second-order valence-corrected chi connectivity index (χ2v) is 4.11. The van der Waals surface area contributed by atoms with Gasteiger partial charge in [-0.3, -0.25) is 0 Å². The minimum Gasteiger partial charge on any atom is -0.396 e. The van der Waals surface area contributed by atoms with E-state index in [4.69, 9.17) is 9.84 Å². The van der Waals surface area contributed by atoms with Gasteiger partial charge in [-0.1, -0.05) is 24.3 Å². The molecule has 0 bridgehead atoms. The Bertz CT molecular complexity index is 353. The lowest BCUT2D eigenvalue weighted by atomic mass is 10.1. The van der Waals surface area contributed by atoms with Crippen LogP contribution in [-0.2, 0) is 4.74 Å². The standard InChI is InChI=1S/C14H19NO2/c16-10-2-1-3-13-4-6-14(7-5-13)15-8-11-17-12-9-15/h1,3-7,16H,2,8-12H2. The van der Waals surface area contributed by atoms with Gasteiger partial charge < -0.3 is 14.7 Å². The highest BCUT2D eigenvalue weighted by Gasteiger charge is 2.10. The van der Waals surface area contributed by atoms with Crippen LogP contribution in [0.3, 0.4) is 0 Å². The molecule has 3 heteroatoms. The van der Waals surface area contributed by atoms with Crippen molar-refractivity contribution in [3.63, 3.8) is 0 Å². The number of ether oxygens (including phenoxy) is 1. The highest BCUT2D eigenvalue weighted by molar-refractivity contribution is 5.56. The van der Waals surface area contributed by atoms with Crippen LogP contribution >= 0.6 is 0 Å². The molecule has 3 nitrogen and oxygen atoms in total. The van der Waals surface area contributed by atoms with Crippen molar-refractivity contribution in [2.45, 2.75) is 6.42 Å². The zero-order valence-corrected chi connectivity index (χ0v) is 10.0. The van der Waals surface area contributed by atoms with Gasteiger partial charge in [-0.2, -0.15) is 0 Å². The van der Waals surface area contributed by atoms with Gasteiger partial charge in [0.25, 0.3) is 0 Å². The summed E-state index contributed by atoms with van der Waals surface area (Å²) in [6, 6.07) is 8.51. The zero-order chi connectivity index (χ0) is 11.9. The van der Waals surface area contributed by atoms with E-state index < -0.39 is 0 Å². The molecule has 0 amide bonds. The number of morpholine rings is 1. The van der Waals surface area contributed by atoms with Crippen LogP contribution in [0.1, 0.15) is 12.0 Å². The van der Waals surface area contributed by atoms with E-state index >= 15 is 0 Å². The molecule has 1 N–H and O–H groups in total. The van der Waals surface area contributed by atoms with E-state index in [1.165, 1.54) is 11.3 Å². The molecule has 2 rings (SSSR count). The number of aliphatic hydroxyl groups is 1. The lowest BCUT2D eigenvalue weighted by Gasteiger charge is -2.28. The molecule has 1 aromatic carbocycles. The smallest absolute Gasteiger partial charge is 0.0642 e. The number of aliphatic hydroxyl groups excluding tert-OH is 1. The summed E-state index contributed by atoms with van der Waals surface area (Å²) < 4.78 is 5.33. The lowest BCUT2D eigenvalue weighted by molar-refractivity contribution is 0.122. The third kappa shape index (κ3) is 3.58. The monoisotopic (exact) mass is 233 g/mol. The van der Waals surface area contributed by atoms with Crippen molar-refractivity contribution in [3.8, 4) is 0 Å². The van der Waals surface area contributed by atoms with Gasteiger partial charge in [0.05, 0.1) is 13.2 Å². The first-order valence-electron chi connectivity index (χ1n) is 6.10. The van der Waals surface area contributed by atoms with E-state index in [1.54, 1.807) is 0 Å². The number of hydrogen-bond donors (Lipinski definition) is 1. The Hall–Kier alpha value is -1.32. The van der Waals surface area contributed by atoms with Crippen molar-refractivity contribution in [2.24, 2.45) is 0 Å². The van der Waals surface area contributed by atoms with Crippen LogP contribution in [0.2, 0.25) is 0 Å². The Morgan fingerprint density at radius 2 is 1.88 bits per heavy atom. The maximum Gasteiger partial charge on any atom is 0.0642 e. The van der Waals surface area contributed by atoms with E-state index in [9.17, 15) is 0 Å². The summed E-state index contributed by atoms with van der Waals surface area (Å²) in [6.45, 7) is 3.79. The maximum absolute atomic E-state index is 8.69. The van der Waals surface area contributed by atoms with Crippen molar-refractivity contribution in [2.75, 3.05) is 37.8 Å². The van der Waals surface area contributed by atoms with Gasteiger partial charge in [-0.25, -0.2) is 0 Å². The summed E-state index contributed by atoms with van der Waals surface area (Å²) >= 11 is 0. The van der Waals surface area contributed by atoms with Gasteiger partial charge in [-0.15, -0.1) is 0 Å². The Morgan fingerprint density at radius 1 is 1.18 bits per heavy atom. The lowest BCUT2D eigenvalue weighted by Crippen LogP contribution is -2.36.